The minimum absolute atomic E-state index is 0.00756. The number of amides is 1. The minimum atomic E-state index is -3.16. The molecule has 0 atom stereocenters. The lowest BCUT2D eigenvalue weighted by Crippen LogP contribution is -2.37. The van der Waals surface area contributed by atoms with Crippen LogP contribution in [0.4, 0.5) is 8.78 Å². The van der Waals surface area contributed by atoms with Gasteiger partial charge in [-0.15, -0.1) is 0 Å². The number of benzene rings is 2. The summed E-state index contributed by atoms with van der Waals surface area (Å²) >= 11 is 24.3. The van der Waals surface area contributed by atoms with E-state index < -0.39 is 24.7 Å². The van der Waals surface area contributed by atoms with Gasteiger partial charge in [0.25, 0.3) is 5.91 Å². The molecule has 0 aliphatic heterocycles. The Hall–Kier alpha value is -3.61. The predicted octanol–water partition coefficient (Wildman–Crippen LogP) is 7.60. The van der Waals surface area contributed by atoms with Gasteiger partial charge in [-0.3, -0.25) is 14.4 Å². The zero-order valence-corrected chi connectivity index (χ0v) is 30.3. The van der Waals surface area contributed by atoms with Crippen LogP contribution in [0.1, 0.15) is 82.0 Å². The highest BCUT2D eigenvalue weighted by molar-refractivity contribution is 6.42. The van der Waals surface area contributed by atoms with E-state index in [4.69, 9.17) is 52.1 Å². The van der Waals surface area contributed by atoms with Crippen LogP contribution in [0.15, 0.2) is 61.2 Å². The SMILES string of the molecule is NCC(=O)c1cnc(CC2(c3ccc(Cl)c(Cl)c3)CCC2)nc1.O=C(CNC(=O)C(F)F)c1cnc(CC2(c3ccc(Cl)c(Cl)c3)CCC2)nc1. The van der Waals surface area contributed by atoms with Crippen LogP contribution >= 0.6 is 46.4 Å². The summed E-state index contributed by atoms with van der Waals surface area (Å²) in [4.78, 5) is 51.5. The van der Waals surface area contributed by atoms with E-state index in [1.165, 1.54) is 24.4 Å². The lowest BCUT2D eigenvalue weighted by atomic mass is 9.62. The fourth-order valence-corrected chi connectivity index (χ4v) is 6.84. The Bertz CT molecular complexity index is 1890. The molecule has 0 radical (unpaired) electrons. The number of aromatic nitrogens is 4. The molecule has 2 aliphatic rings. The standard InChI is InChI=1S/C19H17Cl2F2N3O2.C17H17Cl2N3O/c20-13-3-2-12(6-14(13)21)19(4-1-5-19)7-16-24-8-11(9-25-16)15(27)10-26-18(28)17(22)23;18-13-3-2-12(6-14(13)19)17(4-1-5-17)7-16-21-9-11(10-22-16)15(23)8-20/h2-3,6,8-9,17H,1,4-5,7,10H2,(H,26,28);2-3,6,9-10H,1,4-5,7-8,20H2. The third-order valence-electron chi connectivity index (χ3n) is 9.54. The molecule has 6 rings (SSSR count). The van der Waals surface area contributed by atoms with Crippen molar-refractivity contribution < 1.29 is 23.2 Å². The average molecular weight is 779 g/mol. The second kappa shape index (κ2) is 16.8. The van der Waals surface area contributed by atoms with E-state index in [2.05, 4.69) is 19.9 Å². The Kier molecular flexibility index (Phi) is 12.7. The summed E-state index contributed by atoms with van der Waals surface area (Å²) in [6, 6.07) is 11.4. The first kappa shape index (κ1) is 38.6. The normalized spacial score (nSPS) is 15.5. The number of Topliss-reactive ketones (excluding diaryl/α,β-unsaturated/α-hetero) is 2. The molecule has 2 fully saturated rings. The van der Waals surface area contributed by atoms with E-state index in [0.29, 0.717) is 37.9 Å². The van der Waals surface area contributed by atoms with Crippen LogP contribution in [0.5, 0.6) is 0 Å². The zero-order valence-electron chi connectivity index (χ0n) is 27.3. The number of halogens is 6. The maximum atomic E-state index is 12.2. The van der Waals surface area contributed by atoms with Gasteiger partial charge in [0.05, 0.1) is 44.3 Å². The lowest BCUT2D eigenvalue weighted by Gasteiger charge is -2.42. The molecule has 4 aromatic rings. The summed E-state index contributed by atoms with van der Waals surface area (Å²) in [5.41, 5.74) is 8.08. The maximum absolute atomic E-state index is 12.2. The van der Waals surface area contributed by atoms with Crippen LogP contribution in [0, 0.1) is 0 Å². The van der Waals surface area contributed by atoms with E-state index in [1.54, 1.807) is 18.5 Å². The first-order chi connectivity index (χ1) is 24.3. The van der Waals surface area contributed by atoms with Crippen molar-refractivity contribution in [2.24, 2.45) is 5.73 Å². The highest BCUT2D eigenvalue weighted by Gasteiger charge is 2.41. The number of ketones is 2. The van der Waals surface area contributed by atoms with E-state index >= 15 is 0 Å². The van der Waals surface area contributed by atoms with Crippen molar-refractivity contribution in [3.05, 3.63) is 115 Å². The first-order valence-corrected chi connectivity index (χ1v) is 17.7. The zero-order chi connectivity index (χ0) is 36.8. The topological polar surface area (TPSA) is 141 Å². The van der Waals surface area contributed by atoms with Crippen LogP contribution in [0.25, 0.3) is 0 Å². The number of nitrogens with one attached hydrogen (secondary N) is 1. The van der Waals surface area contributed by atoms with E-state index in [0.717, 1.165) is 49.9 Å². The number of alkyl halides is 2. The highest BCUT2D eigenvalue weighted by atomic mass is 35.5. The van der Waals surface area contributed by atoms with E-state index in [1.807, 2.05) is 35.6 Å². The smallest absolute Gasteiger partial charge is 0.315 e. The van der Waals surface area contributed by atoms with Crippen LogP contribution in [0.3, 0.4) is 0 Å². The third-order valence-corrected chi connectivity index (χ3v) is 11.0. The van der Waals surface area contributed by atoms with Gasteiger partial charge >= 0.3 is 6.43 Å². The maximum Gasteiger partial charge on any atom is 0.315 e. The summed E-state index contributed by atoms with van der Waals surface area (Å²) in [5, 5.41) is 3.99. The van der Waals surface area contributed by atoms with Crippen LogP contribution < -0.4 is 11.1 Å². The number of rotatable bonds is 12. The number of carbonyl (C=O) groups is 3. The molecular formula is C36H34Cl4F2N6O3. The molecule has 2 saturated carbocycles. The van der Waals surface area contributed by atoms with Gasteiger partial charge in [0, 0.05) is 48.5 Å². The largest absolute Gasteiger partial charge is 0.344 e. The summed E-state index contributed by atoms with van der Waals surface area (Å²) in [6.45, 7) is -0.561. The average Bonchev–Trinajstić information content (AvgIpc) is 3.09. The van der Waals surface area contributed by atoms with Crippen molar-refractivity contribution in [3.63, 3.8) is 0 Å². The summed E-state index contributed by atoms with van der Waals surface area (Å²) in [5.74, 6) is -0.884. The molecule has 0 saturated heterocycles. The Labute approximate surface area is 313 Å². The molecule has 0 spiro atoms. The Morgan fingerprint density at radius 1 is 0.686 bits per heavy atom. The number of hydrogen-bond donors (Lipinski definition) is 2. The van der Waals surface area contributed by atoms with Crippen molar-refractivity contribution in [2.45, 2.75) is 68.6 Å². The van der Waals surface area contributed by atoms with Crippen molar-refractivity contribution in [3.8, 4) is 0 Å². The van der Waals surface area contributed by atoms with Crippen LogP contribution in [0.2, 0.25) is 20.1 Å². The molecule has 268 valence electrons. The summed E-state index contributed by atoms with van der Waals surface area (Å²) in [6.07, 6.45) is 10.3. The molecule has 3 N–H and O–H groups in total. The van der Waals surface area contributed by atoms with Crippen LogP contribution in [-0.2, 0) is 28.5 Å². The monoisotopic (exact) mass is 776 g/mol. The third kappa shape index (κ3) is 9.25. The van der Waals surface area contributed by atoms with Crippen molar-refractivity contribution >= 4 is 63.9 Å². The molecule has 0 bridgehead atoms. The fourth-order valence-electron chi connectivity index (χ4n) is 6.24. The van der Waals surface area contributed by atoms with Gasteiger partial charge in [-0.1, -0.05) is 71.4 Å². The molecule has 2 aromatic heterocycles. The van der Waals surface area contributed by atoms with Gasteiger partial charge in [0.15, 0.2) is 11.6 Å². The van der Waals surface area contributed by atoms with Crippen molar-refractivity contribution in [1.82, 2.24) is 25.3 Å². The van der Waals surface area contributed by atoms with E-state index in [-0.39, 0.29) is 28.7 Å². The molecular weight excluding hydrogens is 744 g/mol. The van der Waals surface area contributed by atoms with Gasteiger partial charge in [-0.05, 0) is 61.1 Å². The van der Waals surface area contributed by atoms with Crippen molar-refractivity contribution in [1.29, 1.82) is 0 Å². The van der Waals surface area contributed by atoms with E-state index in [9.17, 15) is 23.2 Å². The summed E-state index contributed by atoms with van der Waals surface area (Å²) < 4.78 is 24.3. The second-order valence-electron chi connectivity index (χ2n) is 12.7. The first-order valence-electron chi connectivity index (χ1n) is 16.2. The van der Waals surface area contributed by atoms with Gasteiger partial charge < -0.3 is 11.1 Å². The van der Waals surface area contributed by atoms with Gasteiger partial charge in [0.1, 0.15) is 11.6 Å². The molecule has 0 unspecified atom stereocenters. The Morgan fingerprint density at radius 3 is 1.43 bits per heavy atom. The molecule has 2 aliphatic carbocycles. The second-order valence-corrected chi connectivity index (χ2v) is 14.4. The molecule has 1 amide bonds. The lowest BCUT2D eigenvalue weighted by molar-refractivity contribution is -0.131. The summed E-state index contributed by atoms with van der Waals surface area (Å²) in [7, 11) is 0. The van der Waals surface area contributed by atoms with Gasteiger partial charge in [0.2, 0.25) is 0 Å². The van der Waals surface area contributed by atoms with Crippen molar-refractivity contribution in [2.75, 3.05) is 13.1 Å². The van der Waals surface area contributed by atoms with Gasteiger partial charge in [-0.2, -0.15) is 8.78 Å². The molecule has 2 heterocycles. The highest BCUT2D eigenvalue weighted by Crippen LogP contribution is 2.48. The number of nitrogens with zero attached hydrogens (tertiary/aromatic N) is 4. The fraction of sp³-hybridized carbons (Fsp3) is 0.361. The van der Waals surface area contributed by atoms with Gasteiger partial charge in [-0.25, -0.2) is 19.9 Å². The number of hydrogen-bond acceptors (Lipinski definition) is 8. The Balaban J connectivity index is 0.000000201. The molecule has 15 heteroatoms. The predicted molar refractivity (Wildman–Crippen MR) is 192 cm³/mol. The molecule has 51 heavy (non-hydrogen) atoms. The quantitative estimate of drug-likeness (QED) is 0.140. The minimum Gasteiger partial charge on any atom is -0.344 e. The Morgan fingerprint density at radius 2 is 1.10 bits per heavy atom. The number of nitrogens with two attached hydrogens (primary N) is 1. The number of carbonyl (C=O) groups excluding carboxylic acids is 3. The molecule has 2 aromatic carbocycles. The van der Waals surface area contributed by atoms with Crippen LogP contribution in [-0.4, -0.2) is 56.9 Å². The molecule has 9 nitrogen and oxygen atoms in total.